The molecule has 5 N–H and O–H groups in total. The van der Waals surface area contributed by atoms with Crippen LogP contribution in [0.2, 0.25) is 5.02 Å². The molecule has 7 rings (SSSR count). The second-order valence-electron chi connectivity index (χ2n) is 19.6. The largest absolute Gasteiger partial charge is 0.494 e. The Morgan fingerprint density at radius 3 is 2.36 bits per heavy atom. The monoisotopic (exact) mass is 1010 g/mol. The zero-order valence-corrected chi connectivity index (χ0v) is 43.8. The van der Waals surface area contributed by atoms with Crippen molar-refractivity contribution in [1.29, 1.82) is 0 Å². The number of piperazine rings is 1. The van der Waals surface area contributed by atoms with Gasteiger partial charge >= 0.3 is 0 Å². The van der Waals surface area contributed by atoms with Gasteiger partial charge in [-0.15, -0.1) is 11.3 Å². The van der Waals surface area contributed by atoms with Gasteiger partial charge in [-0.2, -0.15) is 4.98 Å². The van der Waals surface area contributed by atoms with Gasteiger partial charge in [0.15, 0.2) is 5.82 Å². The third-order valence-electron chi connectivity index (χ3n) is 12.8. The first-order valence-electron chi connectivity index (χ1n) is 23.7. The highest BCUT2D eigenvalue weighted by Gasteiger charge is 2.44. The van der Waals surface area contributed by atoms with E-state index in [9.17, 15) is 24.1 Å². The lowest BCUT2D eigenvalue weighted by molar-refractivity contribution is -0.144. The Labute approximate surface area is 420 Å². The van der Waals surface area contributed by atoms with E-state index in [1.807, 2.05) is 107 Å². The molecule has 16 nitrogen and oxygen atoms in total. The number of unbranched alkanes of at least 4 members (excludes halogenated alkanes) is 1. The molecule has 5 aromatic rings. The van der Waals surface area contributed by atoms with Crippen LogP contribution in [0.15, 0.2) is 78.4 Å². The van der Waals surface area contributed by atoms with Crippen molar-refractivity contribution in [1.82, 2.24) is 35.4 Å². The number of rotatable bonds is 18. The average Bonchev–Trinajstić information content (AvgIpc) is 3.95. The van der Waals surface area contributed by atoms with E-state index in [2.05, 4.69) is 46.0 Å². The van der Waals surface area contributed by atoms with Crippen LogP contribution in [0.25, 0.3) is 10.4 Å². The van der Waals surface area contributed by atoms with Crippen molar-refractivity contribution in [3.05, 3.63) is 94.7 Å². The van der Waals surface area contributed by atoms with Crippen molar-refractivity contribution in [3.8, 4) is 16.2 Å². The van der Waals surface area contributed by atoms with Crippen LogP contribution < -0.4 is 36.2 Å². The van der Waals surface area contributed by atoms with Gasteiger partial charge in [0.2, 0.25) is 23.7 Å². The molecule has 3 aromatic carbocycles. The molecule has 4 heterocycles. The van der Waals surface area contributed by atoms with Crippen LogP contribution in [0.3, 0.4) is 0 Å². The number of β-amino-alcohol motifs (C(OH)–C–C–N with tert-alkyl or cyclic N) is 1. The lowest BCUT2D eigenvalue weighted by Crippen LogP contribution is -2.57. The van der Waals surface area contributed by atoms with E-state index >= 15 is 0 Å². The molecule has 2 fully saturated rings. The number of nitrogens with zero attached hydrogens (tertiary/aromatic N) is 6. The number of benzene rings is 3. The number of thiazole rings is 1. The van der Waals surface area contributed by atoms with Gasteiger partial charge in [-0.05, 0) is 87.4 Å². The summed E-state index contributed by atoms with van der Waals surface area (Å²) < 4.78 is 18.7. The van der Waals surface area contributed by atoms with Gasteiger partial charge < -0.3 is 45.5 Å². The van der Waals surface area contributed by atoms with Gasteiger partial charge in [0, 0.05) is 62.6 Å². The second-order valence-corrected chi connectivity index (χ2v) is 24.0. The quantitative estimate of drug-likeness (QED) is 0.0420. The summed E-state index contributed by atoms with van der Waals surface area (Å²) in [7, 11) is -0.953. The first kappa shape index (κ1) is 52.2. The number of aliphatic hydroxyl groups is 1. The number of ether oxygens (including phenoxy) is 1. The smallest absolute Gasteiger partial charge is 0.246 e. The SMILES string of the molecule is COc1cc(N2CCN(CCCCC(=O)NC(C(=O)N3CC(O)CC3C(=O)NC(C)c3ccc(-c4scnc4C)cc3)C(C)(C)C)CC2)ccc1Nc1ncc(Cl)c(Nc2ccccc2P(C)(C)=O)n1. The summed E-state index contributed by atoms with van der Waals surface area (Å²) in [4.78, 5) is 61.9. The normalized spacial score (nSPS) is 17.5. The van der Waals surface area contributed by atoms with Crippen molar-refractivity contribution in [2.45, 2.75) is 84.5 Å². The number of carbonyl (C=O) groups excluding carboxylic acids is 3. The van der Waals surface area contributed by atoms with Crippen LogP contribution in [0.5, 0.6) is 5.75 Å². The maximum atomic E-state index is 14.2. The molecule has 0 radical (unpaired) electrons. The third-order valence-corrected chi connectivity index (χ3v) is 15.6. The molecular weight excluding hydrogens is 947 g/mol. The molecule has 19 heteroatoms. The first-order valence-corrected chi connectivity index (χ1v) is 27.6. The molecular formula is C51H66ClN10O6PS. The minimum absolute atomic E-state index is 0.0149. The lowest BCUT2D eigenvalue weighted by Gasteiger charge is -2.36. The second kappa shape index (κ2) is 22.7. The predicted octanol–water partition coefficient (Wildman–Crippen LogP) is 7.97. The summed E-state index contributed by atoms with van der Waals surface area (Å²) in [5.74, 6) is 0.374. The number of methoxy groups -OCH3 is 1. The van der Waals surface area contributed by atoms with Crippen LogP contribution in [-0.2, 0) is 18.9 Å². The van der Waals surface area contributed by atoms with Gasteiger partial charge in [0.25, 0.3) is 0 Å². The number of carbonyl (C=O) groups is 3. The molecule has 2 aromatic heterocycles. The van der Waals surface area contributed by atoms with Gasteiger partial charge in [0.1, 0.15) is 30.0 Å². The standard InChI is InChI=1S/C51H66ClN10O6PS/c1-32(34-16-18-35(19-17-34)45-33(2)54-31-70-45)55-48(65)41-28-37(63)30-62(41)49(66)46(51(3,4)5)58-44(64)15-11-12-22-60-23-25-61(26-24-60)36-20-21-39(42(27-36)68-6)57-50-53-29-38(52)47(59-50)56-40-13-9-10-14-43(40)69(7,8)67/h9-10,13-14,16-21,27,29,31-32,37,41,46,63H,11-12,15,22-26,28,30H2,1-8H3,(H,55,65)(H,58,64)(H2,53,56,57,59). The van der Waals surface area contributed by atoms with E-state index in [0.29, 0.717) is 45.6 Å². The van der Waals surface area contributed by atoms with Gasteiger partial charge in [0.05, 0.1) is 52.9 Å². The molecule has 0 bridgehead atoms. The van der Waals surface area contributed by atoms with Crippen LogP contribution in [-0.4, -0.2) is 125 Å². The molecule has 4 atom stereocenters. The number of hydrogen-bond donors (Lipinski definition) is 5. The van der Waals surface area contributed by atoms with Crippen LogP contribution in [0.4, 0.5) is 28.8 Å². The molecule has 2 aliphatic rings. The number of aromatic nitrogens is 3. The number of aryl methyl sites for hydroxylation is 1. The number of aliphatic hydroxyl groups excluding tert-OH is 1. The maximum Gasteiger partial charge on any atom is 0.246 e. The Morgan fingerprint density at radius 2 is 1.69 bits per heavy atom. The molecule has 70 heavy (non-hydrogen) atoms. The van der Waals surface area contributed by atoms with Gasteiger partial charge in [-0.3, -0.25) is 19.3 Å². The summed E-state index contributed by atoms with van der Waals surface area (Å²) in [6, 6.07) is 19.3. The molecule has 0 aliphatic carbocycles. The molecule has 0 spiro atoms. The number of halogens is 1. The Hall–Kier alpha value is -5.58. The highest BCUT2D eigenvalue weighted by Crippen LogP contribution is 2.39. The van der Waals surface area contributed by atoms with E-state index in [1.165, 1.54) is 11.1 Å². The molecule has 4 unspecified atom stereocenters. The summed E-state index contributed by atoms with van der Waals surface area (Å²) in [5.41, 5.74) is 6.49. The lowest BCUT2D eigenvalue weighted by atomic mass is 9.85. The third kappa shape index (κ3) is 13.0. The highest BCUT2D eigenvalue weighted by molar-refractivity contribution is 7.70. The minimum Gasteiger partial charge on any atom is -0.494 e. The van der Waals surface area contributed by atoms with E-state index in [4.69, 9.17) is 16.3 Å². The van der Waals surface area contributed by atoms with Crippen LogP contribution in [0, 0.1) is 12.3 Å². The highest BCUT2D eigenvalue weighted by atomic mass is 35.5. The summed E-state index contributed by atoms with van der Waals surface area (Å²) >= 11 is 8.07. The van der Waals surface area contributed by atoms with E-state index in [0.717, 1.165) is 66.5 Å². The minimum atomic E-state index is -2.57. The zero-order valence-electron chi connectivity index (χ0n) is 41.3. The Morgan fingerprint density at radius 1 is 0.957 bits per heavy atom. The van der Waals surface area contributed by atoms with Crippen molar-refractivity contribution in [3.63, 3.8) is 0 Å². The summed E-state index contributed by atoms with van der Waals surface area (Å²) in [5, 5.41) is 24.3. The fraction of sp³-hybridized carbons (Fsp3) is 0.451. The number of amides is 3. The number of likely N-dealkylation sites (tertiary alicyclic amines) is 1. The zero-order chi connectivity index (χ0) is 50.3. The van der Waals surface area contributed by atoms with Crippen LogP contribution in [0.1, 0.15) is 70.7 Å². The molecule has 0 saturated carbocycles. The molecule has 2 saturated heterocycles. The topological polar surface area (TPSA) is 194 Å². The maximum absolute atomic E-state index is 14.2. The van der Waals surface area contributed by atoms with Gasteiger partial charge in [-0.25, -0.2) is 9.97 Å². The number of nitrogens with one attached hydrogen (secondary N) is 4. The Bertz CT molecular complexity index is 2690. The fourth-order valence-electron chi connectivity index (χ4n) is 8.89. The number of hydrogen-bond acceptors (Lipinski definition) is 14. The number of para-hydroxylation sites is 1. The van der Waals surface area contributed by atoms with E-state index in [1.54, 1.807) is 31.8 Å². The molecule has 374 valence electrons. The van der Waals surface area contributed by atoms with Crippen LogP contribution >= 0.6 is 30.1 Å². The fourth-order valence-corrected chi connectivity index (χ4v) is 11.0. The predicted molar refractivity (Wildman–Crippen MR) is 281 cm³/mol. The van der Waals surface area contributed by atoms with E-state index in [-0.39, 0.29) is 43.1 Å². The summed E-state index contributed by atoms with van der Waals surface area (Å²) in [6.07, 6.45) is 2.51. The molecule has 3 amide bonds. The van der Waals surface area contributed by atoms with Crippen molar-refractivity contribution >= 4 is 81.9 Å². The Kier molecular flexibility index (Phi) is 16.9. The first-order chi connectivity index (χ1) is 33.3. The number of anilines is 5. The average molecular weight is 1010 g/mol. The van der Waals surface area contributed by atoms with E-state index < -0.39 is 30.7 Å². The van der Waals surface area contributed by atoms with Gasteiger partial charge in [-0.1, -0.05) is 68.8 Å². The Balaban J connectivity index is 0.864. The van der Waals surface area contributed by atoms with Crippen molar-refractivity contribution in [2.24, 2.45) is 5.41 Å². The molecule has 2 aliphatic heterocycles. The van der Waals surface area contributed by atoms with Crippen molar-refractivity contribution in [2.75, 3.05) is 75.2 Å². The van der Waals surface area contributed by atoms with Crippen molar-refractivity contribution < 1.29 is 28.8 Å². The summed E-state index contributed by atoms with van der Waals surface area (Å²) in [6.45, 7) is 17.2.